The van der Waals surface area contributed by atoms with Crippen LogP contribution in [0.2, 0.25) is 0 Å². The maximum absolute atomic E-state index is 13.0. The Morgan fingerprint density at radius 3 is 2.43 bits per heavy atom. The van der Waals surface area contributed by atoms with E-state index in [1.165, 1.54) is 0 Å². The van der Waals surface area contributed by atoms with Crippen molar-refractivity contribution < 1.29 is 19.1 Å². The lowest BCUT2D eigenvalue weighted by Gasteiger charge is -2.24. The van der Waals surface area contributed by atoms with Crippen LogP contribution < -0.4 is 15.4 Å². The summed E-state index contributed by atoms with van der Waals surface area (Å²) in [6, 6.07) is 10.6. The van der Waals surface area contributed by atoms with Gasteiger partial charge in [0.25, 0.3) is 5.91 Å². The van der Waals surface area contributed by atoms with Crippen molar-refractivity contribution in [1.29, 1.82) is 0 Å². The Bertz CT molecular complexity index is 964. The minimum atomic E-state index is -1.23. The number of imide groups is 1. The van der Waals surface area contributed by atoms with Crippen LogP contribution in [0.15, 0.2) is 36.4 Å². The molecule has 1 aliphatic rings. The third-order valence-corrected chi connectivity index (χ3v) is 4.72. The van der Waals surface area contributed by atoms with Crippen LogP contribution >= 0.6 is 0 Å². The molecule has 2 N–H and O–H groups in total. The summed E-state index contributed by atoms with van der Waals surface area (Å²) in [5.41, 5.74) is -1.02. The molecule has 0 saturated carbocycles. The number of methoxy groups -OCH3 is 1. The summed E-state index contributed by atoms with van der Waals surface area (Å²) < 4.78 is 5.23. The molecule has 1 saturated heterocycles. The molecule has 0 radical (unpaired) electrons. The molecule has 0 spiro atoms. The van der Waals surface area contributed by atoms with Crippen molar-refractivity contribution in [2.45, 2.75) is 38.8 Å². The lowest BCUT2D eigenvalue weighted by Crippen LogP contribution is -2.48. The van der Waals surface area contributed by atoms with Crippen molar-refractivity contribution in [3.8, 4) is 5.75 Å². The molecule has 3 rings (SSSR count). The molecule has 7 heteroatoms. The number of hydrogen-bond donors (Lipinski definition) is 2. The van der Waals surface area contributed by atoms with Gasteiger partial charge in [-0.1, -0.05) is 18.2 Å². The van der Waals surface area contributed by atoms with Crippen LogP contribution in [0, 0.1) is 0 Å². The fourth-order valence-corrected chi connectivity index (χ4v) is 3.30. The normalized spacial score (nSPS) is 19.7. The number of fused-ring (bicyclic) bond motifs is 1. The monoisotopic (exact) mass is 383 g/mol. The molecule has 1 aliphatic heterocycles. The predicted molar refractivity (Wildman–Crippen MR) is 106 cm³/mol. The molecule has 1 fully saturated rings. The molecule has 0 aromatic heterocycles. The van der Waals surface area contributed by atoms with Gasteiger partial charge in [-0.25, -0.2) is 4.79 Å². The maximum atomic E-state index is 13.0. The van der Waals surface area contributed by atoms with Crippen molar-refractivity contribution in [3.63, 3.8) is 0 Å². The van der Waals surface area contributed by atoms with Gasteiger partial charge in [0.05, 0.1) is 7.11 Å². The van der Waals surface area contributed by atoms with Crippen LogP contribution in [-0.2, 0) is 15.1 Å². The molecule has 2 aromatic rings. The van der Waals surface area contributed by atoms with Gasteiger partial charge in [-0.3, -0.25) is 14.5 Å². The second-order valence-electron chi connectivity index (χ2n) is 8.17. The van der Waals surface area contributed by atoms with Crippen LogP contribution in [0.3, 0.4) is 0 Å². The highest BCUT2D eigenvalue weighted by atomic mass is 16.5. The van der Waals surface area contributed by atoms with Gasteiger partial charge in [-0.05, 0) is 62.2 Å². The number of amides is 4. The second kappa shape index (κ2) is 6.82. The quantitative estimate of drug-likeness (QED) is 0.794. The number of hydrogen-bond acceptors (Lipinski definition) is 4. The van der Waals surface area contributed by atoms with Crippen LogP contribution in [-0.4, -0.2) is 41.9 Å². The summed E-state index contributed by atoms with van der Waals surface area (Å²) in [5.74, 6) is -0.0898. The number of urea groups is 1. The number of ether oxygens (including phenoxy) is 1. The first-order valence-electron chi connectivity index (χ1n) is 9.07. The van der Waals surface area contributed by atoms with Crippen molar-refractivity contribution in [3.05, 3.63) is 42.0 Å². The zero-order valence-electron chi connectivity index (χ0n) is 16.8. The molecular weight excluding hydrogens is 358 g/mol. The Morgan fingerprint density at radius 2 is 1.79 bits per heavy atom. The summed E-state index contributed by atoms with van der Waals surface area (Å²) in [5, 5.41) is 7.38. The highest BCUT2D eigenvalue weighted by Crippen LogP contribution is 2.32. The second-order valence-corrected chi connectivity index (χ2v) is 8.17. The smallest absolute Gasteiger partial charge is 0.325 e. The molecule has 4 amide bonds. The molecule has 28 heavy (non-hydrogen) atoms. The average molecular weight is 383 g/mol. The van der Waals surface area contributed by atoms with Gasteiger partial charge >= 0.3 is 6.03 Å². The van der Waals surface area contributed by atoms with E-state index in [9.17, 15) is 14.4 Å². The topological polar surface area (TPSA) is 87.7 Å². The zero-order valence-corrected chi connectivity index (χ0v) is 16.8. The van der Waals surface area contributed by atoms with E-state index in [4.69, 9.17) is 4.74 Å². The fraction of sp³-hybridized carbons (Fsp3) is 0.381. The lowest BCUT2D eigenvalue weighted by atomic mass is 9.90. The van der Waals surface area contributed by atoms with Gasteiger partial charge in [-0.15, -0.1) is 0 Å². The van der Waals surface area contributed by atoms with E-state index in [0.717, 1.165) is 21.4 Å². The Balaban J connectivity index is 1.87. The first kappa shape index (κ1) is 19.7. The Morgan fingerprint density at radius 1 is 1.14 bits per heavy atom. The maximum Gasteiger partial charge on any atom is 0.325 e. The van der Waals surface area contributed by atoms with E-state index in [1.54, 1.807) is 20.1 Å². The average Bonchev–Trinajstić information content (AvgIpc) is 2.83. The molecule has 1 heterocycles. The van der Waals surface area contributed by atoms with Gasteiger partial charge in [0, 0.05) is 5.54 Å². The van der Waals surface area contributed by atoms with Gasteiger partial charge < -0.3 is 15.4 Å². The fourth-order valence-electron chi connectivity index (χ4n) is 3.30. The van der Waals surface area contributed by atoms with Crippen molar-refractivity contribution in [2.75, 3.05) is 13.7 Å². The van der Waals surface area contributed by atoms with Gasteiger partial charge in [0.1, 0.15) is 17.8 Å². The Labute approximate surface area is 164 Å². The molecule has 7 nitrogen and oxygen atoms in total. The summed E-state index contributed by atoms with van der Waals surface area (Å²) in [4.78, 5) is 38.6. The standard InChI is InChI=1S/C21H25N3O4/c1-20(2,3)22-17(25)12-24-18(26)21(4,23-19(24)27)15-8-6-14-11-16(28-5)9-7-13(14)10-15/h6-11H,12H2,1-5H3,(H,22,25)(H,23,27). The Hall–Kier alpha value is -3.09. The van der Waals surface area contributed by atoms with E-state index in [-0.39, 0.29) is 12.5 Å². The Kier molecular flexibility index (Phi) is 4.79. The zero-order chi connectivity index (χ0) is 20.7. The van der Waals surface area contributed by atoms with Gasteiger partial charge in [0.2, 0.25) is 5.91 Å². The summed E-state index contributed by atoms with van der Waals surface area (Å²) in [6.07, 6.45) is 0. The molecule has 0 bridgehead atoms. The molecule has 148 valence electrons. The van der Waals surface area contributed by atoms with Crippen LogP contribution in [0.5, 0.6) is 5.75 Å². The lowest BCUT2D eigenvalue weighted by molar-refractivity contribution is -0.135. The van der Waals surface area contributed by atoms with E-state index in [1.807, 2.05) is 51.1 Å². The molecule has 2 aromatic carbocycles. The molecule has 0 aliphatic carbocycles. The third kappa shape index (κ3) is 3.65. The number of benzene rings is 2. The highest BCUT2D eigenvalue weighted by molar-refractivity contribution is 6.09. The summed E-state index contributed by atoms with van der Waals surface area (Å²) in [6.45, 7) is 6.85. The summed E-state index contributed by atoms with van der Waals surface area (Å²) in [7, 11) is 1.60. The van der Waals surface area contributed by atoms with Crippen LogP contribution in [0.1, 0.15) is 33.3 Å². The van der Waals surface area contributed by atoms with Crippen LogP contribution in [0.4, 0.5) is 4.79 Å². The first-order chi connectivity index (χ1) is 13.0. The van der Waals surface area contributed by atoms with Crippen molar-refractivity contribution >= 4 is 28.6 Å². The number of rotatable bonds is 4. The van der Waals surface area contributed by atoms with E-state index >= 15 is 0 Å². The minimum absolute atomic E-state index is 0.317. The van der Waals surface area contributed by atoms with Crippen molar-refractivity contribution in [1.82, 2.24) is 15.5 Å². The third-order valence-electron chi connectivity index (χ3n) is 4.72. The van der Waals surface area contributed by atoms with E-state index in [0.29, 0.717) is 5.56 Å². The SMILES string of the molecule is COc1ccc2cc(C3(C)NC(=O)N(CC(=O)NC(C)(C)C)C3=O)ccc2c1. The van der Waals surface area contributed by atoms with Gasteiger partial charge in [0.15, 0.2) is 0 Å². The molecule has 1 atom stereocenters. The first-order valence-corrected chi connectivity index (χ1v) is 9.07. The molecule has 1 unspecified atom stereocenters. The number of nitrogens with zero attached hydrogens (tertiary/aromatic N) is 1. The van der Waals surface area contributed by atoms with E-state index in [2.05, 4.69) is 10.6 Å². The summed E-state index contributed by atoms with van der Waals surface area (Å²) >= 11 is 0. The number of carbonyl (C=O) groups is 3. The predicted octanol–water partition coefficient (Wildman–Crippen LogP) is 2.53. The number of carbonyl (C=O) groups excluding carboxylic acids is 3. The van der Waals surface area contributed by atoms with E-state index < -0.39 is 23.0 Å². The molecular formula is C21H25N3O4. The van der Waals surface area contributed by atoms with Crippen molar-refractivity contribution in [2.24, 2.45) is 0 Å². The number of nitrogens with one attached hydrogen (secondary N) is 2. The highest BCUT2D eigenvalue weighted by Gasteiger charge is 2.49. The van der Waals surface area contributed by atoms with Crippen LogP contribution in [0.25, 0.3) is 10.8 Å². The minimum Gasteiger partial charge on any atom is -0.497 e. The largest absolute Gasteiger partial charge is 0.497 e. The van der Waals surface area contributed by atoms with Gasteiger partial charge in [-0.2, -0.15) is 0 Å².